The second-order valence-corrected chi connectivity index (χ2v) is 7.29. The highest BCUT2D eigenvalue weighted by molar-refractivity contribution is 6.51. The monoisotopic (exact) mass is 465 g/mol. The number of nitrogens with zero attached hydrogens (tertiary/aromatic N) is 1. The smallest absolute Gasteiger partial charge is 0.300 e. The van der Waals surface area contributed by atoms with Crippen molar-refractivity contribution in [1.82, 2.24) is 0 Å². The molecule has 0 aliphatic carbocycles. The Morgan fingerprint density at radius 1 is 0.882 bits per heavy atom. The highest BCUT2D eigenvalue weighted by Gasteiger charge is 2.48. The van der Waals surface area contributed by atoms with E-state index in [1.807, 2.05) is 0 Å². The molecule has 176 valence electrons. The molecule has 1 unspecified atom stereocenters. The fourth-order valence-electron chi connectivity index (χ4n) is 3.93. The number of carbonyl (C=O) groups is 2. The zero-order valence-corrected chi connectivity index (χ0v) is 19.0. The fourth-order valence-corrected chi connectivity index (χ4v) is 3.93. The summed E-state index contributed by atoms with van der Waals surface area (Å²) >= 11 is 0. The number of methoxy groups -OCH3 is 4. The maximum absolute atomic E-state index is 13.3. The van der Waals surface area contributed by atoms with E-state index in [1.165, 1.54) is 45.7 Å². The number of furan rings is 1. The first-order chi connectivity index (χ1) is 16.4. The quantitative estimate of drug-likeness (QED) is 0.318. The summed E-state index contributed by atoms with van der Waals surface area (Å²) in [6, 6.07) is 11.8. The number of carbonyl (C=O) groups excluding carboxylic acids is 2. The van der Waals surface area contributed by atoms with E-state index in [1.54, 1.807) is 42.5 Å². The molecule has 9 nitrogen and oxygen atoms in total. The number of amides is 1. The first-order valence-corrected chi connectivity index (χ1v) is 10.2. The summed E-state index contributed by atoms with van der Waals surface area (Å²) in [6.07, 6.45) is 1.43. The third-order valence-electron chi connectivity index (χ3n) is 5.56. The van der Waals surface area contributed by atoms with Gasteiger partial charge in [-0.05, 0) is 42.5 Å². The van der Waals surface area contributed by atoms with Crippen molar-refractivity contribution in [2.45, 2.75) is 6.04 Å². The minimum atomic E-state index is -1.04. The lowest BCUT2D eigenvalue weighted by Gasteiger charge is -2.24. The molecule has 0 spiro atoms. The summed E-state index contributed by atoms with van der Waals surface area (Å²) in [5.41, 5.74) is 0.405. The van der Waals surface area contributed by atoms with Crippen LogP contribution in [0.2, 0.25) is 0 Å². The zero-order valence-electron chi connectivity index (χ0n) is 19.0. The van der Waals surface area contributed by atoms with Gasteiger partial charge in [-0.25, -0.2) is 0 Å². The minimum absolute atomic E-state index is 0.152. The van der Waals surface area contributed by atoms with Crippen molar-refractivity contribution in [2.75, 3.05) is 33.3 Å². The van der Waals surface area contributed by atoms with Crippen LogP contribution in [0.25, 0.3) is 5.76 Å². The summed E-state index contributed by atoms with van der Waals surface area (Å²) in [4.78, 5) is 27.8. The van der Waals surface area contributed by atoms with Gasteiger partial charge in [0.2, 0.25) is 0 Å². The molecule has 0 radical (unpaired) electrons. The number of hydrogen-bond donors (Lipinski definition) is 1. The predicted molar refractivity (Wildman–Crippen MR) is 123 cm³/mol. The lowest BCUT2D eigenvalue weighted by molar-refractivity contribution is -0.132. The highest BCUT2D eigenvalue weighted by atomic mass is 16.5. The third-order valence-corrected chi connectivity index (χ3v) is 5.56. The van der Waals surface area contributed by atoms with Gasteiger partial charge in [0, 0.05) is 11.8 Å². The van der Waals surface area contributed by atoms with E-state index >= 15 is 0 Å². The van der Waals surface area contributed by atoms with Gasteiger partial charge >= 0.3 is 0 Å². The van der Waals surface area contributed by atoms with E-state index in [0.29, 0.717) is 28.7 Å². The van der Waals surface area contributed by atoms with Gasteiger partial charge in [-0.15, -0.1) is 0 Å². The van der Waals surface area contributed by atoms with Crippen LogP contribution in [-0.2, 0) is 9.59 Å². The Balaban J connectivity index is 1.95. The number of rotatable bonds is 7. The van der Waals surface area contributed by atoms with Crippen molar-refractivity contribution < 1.29 is 38.1 Å². The van der Waals surface area contributed by atoms with Crippen molar-refractivity contribution in [3.05, 3.63) is 71.7 Å². The molecule has 3 aromatic rings. The van der Waals surface area contributed by atoms with E-state index in [0.717, 1.165) is 0 Å². The molecule has 34 heavy (non-hydrogen) atoms. The van der Waals surface area contributed by atoms with Crippen LogP contribution in [0, 0.1) is 0 Å². The average Bonchev–Trinajstić information content (AvgIpc) is 3.49. The Bertz CT molecular complexity index is 1260. The van der Waals surface area contributed by atoms with Crippen LogP contribution in [0.4, 0.5) is 5.69 Å². The number of hydrogen-bond acceptors (Lipinski definition) is 8. The first kappa shape index (κ1) is 22.8. The summed E-state index contributed by atoms with van der Waals surface area (Å²) in [5.74, 6) is -0.278. The average molecular weight is 465 g/mol. The molecular weight excluding hydrogens is 442 g/mol. The minimum Gasteiger partial charge on any atom is -0.507 e. The first-order valence-electron chi connectivity index (χ1n) is 10.2. The molecule has 1 amide bonds. The summed E-state index contributed by atoms with van der Waals surface area (Å²) < 4.78 is 26.8. The van der Waals surface area contributed by atoms with Gasteiger partial charge < -0.3 is 28.5 Å². The molecule has 4 rings (SSSR count). The van der Waals surface area contributed by atoms with E-state index < -0.39 is 23.5 Å². The number of ketones is 1. The Kier molecular flexibility index (Phi) is 6.18. The predicted octanol–water partition coefficient (Wildman–Crippen LogP) is 3.94. The Morgan fingerprint density at radius 3 is 2.21 bits per heavy atom. The van der Waals surface area contributed by atoms with Crippen molar-refractivity contribution in [1.29, 1.82) is 0 Å². The van der Waals surface area contributed by atoms with Gasteiger partial charge in [0.1, 0.15) is 29.1 Å². The Morgan fingerprint density at radius 2 is 1.59 bits per heavy atom. The lowest BCUT2D eigenvalue weighted by Crippen LogP contribution is -2.29. The van der Waals surface area contributed by atoms with Crippen LogP contribution in [0.3, 0.4) is 0 Å². The molecule has 1 aromatic heterocycles. The Labute approximate surface area is 195 Å². The number of ether oxygens (including phenoxy) is 4. The van der Waals surface area contributed by atoms with E-state index in [9.17, 15) is 14.7 Å². The van der Waals surface area contributed by atoms with Gasteiger partial charge in [0.25, 0.3) is 11.7 Å². The van der Waals surface area contributed by atoms with Gasteiger partial charge in [-0.1, -0.05) is 0 Å². The summed E-state index contributed by atoms with van der Waals surface area (Å²) in [6.45, 7) is 0. The molecule has 0 bridgehead atoms. The molecule has 1 N–H and O–H groups in total. The number of anilines is 1. The zero-order chi connectivity index (χ0) is 24.4. The molecule has 1 saturated heterocycles. The number of aliphatic hydroxyl groups excluding tert-OH is 1. The SMILES string of the molecule is COc1ccc(OC)c(/C(O)=C2/C(=O)C(=O)N(c3ccc(OC)c(OC)c3)C2c2ccco2)c1. The van der Waals surface area contributed by atoms with Gasteiger partial charge in [0.05, 0.1) is 45.8 Å². The normalized spacial score (nSPS) is 17.1. The molecule has 2 aromatic carbocycles. The molecule has 1 atom stereocenters. The molecule has 1 aliphatic rings. The largest absolute Gasteiger partial charge is 0.507 e. The van der Waals surface area contributed by atoms with Crippen LogP contribution in [-0.4, -0.2) is 45.2 Å². The molecule has 9 heteroatoms. The standard InChI is InChI=1S/C25H23NO8/c1-30-15-8-10-17(31-2)16(13-15)23(27)21-22(19-6-5-11-34-19)26(25(29)24(21)28)14-7-9-18(32-3)20(12-14)33-4/h5-13,22,27H,1-4H3/b23-21-. The molecule has 1 aliphatic heterocycles. The van der Waals surface area contributed by atoms with Crippen LogP contribution in [0.5, 0.6) is 23.0 Å². The number of aliphatic hydroxyl groups is 1. The second kappa shape index (κ2) is 9.22. The van der Waals surface area contributed by atoms with Crippen LogP contribution < -0.4 is 23.8 Å². The van der Waals surface area contributed by atoms with Crippen LogP contribution >= 0.6 is 0 Å². The lowest BCUT2D eigenvalue weighted by atomic mass is 9.98. The molecule has 0 saturated carbocycles. The van der Waals surface area contributed by atoms with Gasteiger partial charge in [-0.3, -0.25) is 14.5 Å². The fraction of sp³-hybridized carbons (Fsp3) is 0.200. The van der Waals surface area contributed by atoms with E-state index in [4.69, 9.17) is 23.4 Å². The van der Waals surface area contributed by atoms with Crippen molar-refractivity contribution >= 4 is 23.1 Å². The summed E-state index contributed by atoms with van der Waals surface area (Å²) in [5, 5.41) is 11.3. The molecular formula is C25H23NO8. The van der Waals surface area contributed by atoms with Crippen molar-refractivity contribution in [3.8, 4) is 23.0 Å². The van der Waals surface area contributed by atoms with Crippen LogP contribution in [0.15, 0.2) is 64.8 Å². The van der Waals surface area contributed by atoms with E-state index in [2.05, 4.69) is 0 Å². The molecule has 2 heterocycles. The number of benzene rings is 2. The maximum atomic E-state index is 13.3. The van der Waals surface area contributed by atoms with Crippen molar-refractivity contribution in [2.24, 2.45) is 0 Å². The van der Waals surface area contributed by atoms with Crippen LogP contribution in [0.1, 0.15) is 17.4 Å². The van der Waals surface area contributed by atoms with E-state index in [-0.39, 0.29) is 16.9 Å². The maximum Gasteiger partial charge on any atom is 0.300 e. The summed E-state index contributed by atoms with van der Waals surface area (Å²) in [7, 11) is 5.87. The third kappa shape index (κ3) is 3.71. The second-order valence-electron chi connectivity index (χ2n) is 7.29. The topological polar surface area (TPSA) is 108 Å². The van der Waals surface area contributed by atoms with Crippen molar-refractivity contribution in [3.63, 3.8) is 0 Å². The van der Waals surface area contributed by atoms with Gasteiger partial charge in [0.15, 0.2) is 11.5 Å². The highest BCUT2D eigenvalue weighted by Crippen LogP contribution is 2.45. The number of Topliss-reactive ketones (excluding diaryl/α,β-unsaturated/α-hetero) is 1. The van der Waals surface area contributed by atoms with Gasteiger partial charge in [-0.2, -0.15) is 0 Å². The molecule has 1 fully saturated rings. The Hall–Kier alpha value is -4.40.